The molecule has 0 fully saturated rings. The van der Waals surface area contributed by atoms with Crippen molar-refractivity contribution in [1.82, 2.24) is 0 Å². The van der Waals surface area contributed by atoms with E-state index in [1.165, 1.54) is 27.7 Å². The molecule has 0 spiro atoms. The van der Waals surface area contributed by atoms with Crippen LogP contribution in [0.2, 0.25) is 6.82 Å². The molecule has 0 aliphatic heterocycles. The SMILES string of the molecule is CBc1ccc2c(c1)Cc1ccccc1-2. The largest absolute Gasteiger partial charge is 0.154 e. The Bertz CT molecular complexity index is 514. The van der Waals surface area contributed by atoms with Gasteiger partial charge in [0.15, 0.2) is 7.28 Å². The Kier molecular flexibility index (Phi) is 1.91. The van der Waals surface area contributed by atoms with Crippen LogP contribution in [0.15, 0.2) is 42.5 Å². The van der Waals surface area contributed by atoms with Gasteiger partial charge in [0.2, 0.25) is 0 Å². The van der Waals surface area contributed by atoms with E-state index in [2.05, 4.69) is 49.3 Å². The summed E-state index contributed by atoms with van der Waals surface area (Å²) in [5.41, 5.74) is 7.27. The highest BCUT2D eigenvalue weighted by atomic mass is 14.2. The van der Waals surface area contributed by atoms with E-state index in [4.69, 9.17) is 0 Å². The third-order valence-electron chi connectivity index (χ3n) is 3.27. The maximum absolute atomic E-state index is 2.36. The second-order valence-electron chi connectivity index (χ2n) is 4.18. The van der Waals surface area contributed by atoms with Crippen LogP contribution >= 0.6 is 0 Å². The van der Waals surface area contributed by atoms with Crippen molar-refractivity contribution in [1.29, 1.82) is 0 Å². The van der Waals surface area contributed by atoms with Gasteiger partial charge in [0.1, 0.15) is 0 Å². The molecule has 0 radical (unpaired) electrons. The van der Waals surface area contributed by atoms with Crippen molar-refractivity contribution in [2.45, 2.75) is 13.2 Å². The zero-order valence-electron chi connectivity index (χ0n) is 8.96. The number of benzene rings is 2. The fraction of sp³-hybridized carbons (Fsp3) is 0.143. The summed E-state index contributed by atoms with van der Waals surface area (Å²) in [6, 6.07) is 15.6. The van der Waals surface area contributed by atoms with Gasteiger partial charge in [-0.25, -0.2) is 0 Å². The summed E-state index contributed by atoms with van der Waals surface area (Å²) in [5.74, 6) is 0. The molecule has 0 bridgehead atoms. The van der Waals surface area contributed by atoms with Gasteiger partial charge >= 0.3 is 0 Å². The Hall–Kier alpha value is -1.50. The third kappa shape index (κ3) is 1.31. The molecule has 0 atom stereocenters. The monoisotopic (exact) mass is 192 g/mol. The highest BCUT2D eigenvalue weighted by Crippen LogP contribution is 2.35. The van der Waals surface area contributed by atoms with Crippen molar-refractivity contribution in [2.24, 2.45) is 0 Å². The first kappa shape index (κ1) is 8.78. The van der Waals surface area contributed by atoms with Gasteiger partial charge < -0.3 is 0 Å². The van der Waals surface area contributed by atoms with Crippen molar-refractivity contribution in [3.05, 3.63) is 53.6 Å². The Morgan fingerprint density at radius 3 is 2.60 bits per heavy atom. The molecular weight excluding hydrogens is 179 g/mol. The molecule has 0 aromatic heterocycles. The van der Waals surface area contributed by atoms with Gasteiger partial charge in [-0.15, -0.1) is 0 Å². The molecule has 1 aliphatic rings. The van der Waals surface area contributed by atoms with Crippen LogP contribution in [0.4, 0.5) is 0 Å². The first-order valence-electron chi connectivity index (χ1n) is 5.58. The van der Waals surface area contributed by atoms with Crippen LogP contribution in [0.5, 0.6) is 0 Å². The van der Waals surface area contributed by atoms with Gasteiger partial charge in [0.05, 0.1) is 0 Å². The topological polar surface area (TPSA) is 0 Å². The van der Waals surface area contributed by atoms with E-state index in [1.54, 1.807) is 0 Å². The summed E-state index contributed by atoms with van der Waals surface area (Å²) in [7, 11) is 1.13. The molecule has 15 heavy (non-hydrogen) atoms. The fourth-order valence-corrected chi connectivity index (χ4v) is 2.42. The zero-order valence-corrected chi connectivity index (χ0v) is 8.96. The Morgan fingerprint density at radius 1 is 0.933 bits per heavy atom. The number of hydrogen-bond donors (Lipinski definition) is 0. The van der Waals surface area contributed by atoms with Crippen molar-refractivity contribution < 1.29 is 0 Å². The third-order valence-corrected chi connectivity index (χ3v) is 3.27. The molecule has 2 aromatic carbocycles. The van der Waals surface area contributed by atoms with E-state index < -0.39 is 0 Å². The highest BCUT2D eigenvalue weighted by molar-refractivity contribution is 6.52. The maximum Gasteiger partial charge on any atom is 0.154 e. The van der Waals surface area contributed by atoms with Crippen LogP contribution < -0.4 is 5.46 Å². The molecule has 3 rings (SSSR count). The van der Waals surface area contributed by atoms with E-state index in [-0.39, 0.29) is 0 Å². The molecule has 0 nitrogen and oxygen atoms in total. The van der Waals surface area contributed by atoms with Crippen molar-refractivity contribution in [3.63, 3.8) is 0 Å². The van der Waals surface area contributed by atoms with E-state index in [0.29, 0.717) is 0 Å². The molecular formula is C14H13B. The minimum atomic E-state index is 1.11. The first-order chi connectivity index (χ1) is 7.38. The summed E-state index contributed by atoms with van der Waals surface area (Å²) in [5, 5.41) is 0. The molecule has 0 unspecified atom stereocenters. The lowest BCUT2D eigenvalue weighted by Gasteiger charge is -2.02. The first-order valence-corrected chi connectivity index (χ1v) is 5.58. The zero-order chi connectivity index (χ0) is 10.3. The summed E-state index contributed by atoms with van der Waals surface area (Å²) in [6.45, 7) is 2.21. The van der Waals surface area contributed by atoms with Gasteiger partial charge in [0, 0.05) is 0 Å². The lowest BCUT2D eigenvalue weighted by molar-refractivity contribution is 1.27. The molecule has 0 amide bonds. The summed E-state index contributed by atoms with van der Waals surface area (Å²) < 4.78 is 0. The quantitative estimate of drug-likeness (QED) is 0.519. The van der Waals surface area contributed by atoms with E-state index in [0.717, 1.165) is 13.7 Å². The van der Waals surface area contributed by atoms with Crippen LogP contribution in [0.3, 0.4) is 0 Å². The van der Waals surface area contributed by atoms with Gasteiger partial charge in [-0.2, -0.15) is 0 Å². The molecule has 72 valence electrons. The van der Waals surface area contributed by atoms with Crippen LogP contribution in [0, 0.1) is 0 Å². The number of fused-ring (bicyclic) bond motifs is 3. The van der Waals surface area contributed by atoms with Gasteiger partial charge in [-0.3, -0.25) is 0 Å². The minimum Gasteiger partial charge on any atom is -0.0849 e. The van der Waals surface area contributed by atoms with Crippen LogP contribution in [-0.2, 0) is 6.42 Å². The Labute approximate surface area is 91.2 Å². The summed E-state index contributed by atoms with van der Waals surface area (Å²) >= 11 is 0. The van der Waals surface area contributed by atoms with E-state index in [9.17, 15) is 0 Å². The van der Waals surface area contributed by atoms with Gasteiger partial charge in [-0.1, -0.05) is 54.8 Å². The van der Waals surface area contributed by atoms with E-state index in [1.807, 2.05) is 0 Å². The van der Waals surface area contributed by atoms with Crippen molar-refractivity contribution in [3.8, 4) is 11.1 Å². The number of hydrogen-bond acceptors (Lipinski definition) is 0. The van der Waals surface area contributed by atoms with E-state index >= 15 is 0 Å². The molecule has 1 heteroatoms. The van der Waals surface area contributed by atoms with Gasteiger partial charge in [-0.05, 0) is 28.7 Å². The molecule has 0 saturated carbocycles. The fourth-order valence-electron chi connectivity index (χ4n) is 2.42. The van der Waals surface area contributed by atoms with Crippen LogP contribution in [0.1, 0.15) is 11.1 Å². The second-order valence-corrected chi connectivity index (χ2v) is 4.18. The van der Waals surface area contributed by atoms with Crippen molar-refractivity contribution >= 4 is 12.7 Å². The van der Waals surface area contributed by atoms with Crippen molar-refractivity contribution in [2.75, 3.05) is 0 Å². The maximum atomic E-state index is 2.36. The lowest BCUT2D eigenvalue weighted by Crippen LogP contribution is -2.10. The standard InChI is InChI=1S/C14H13B/c1-15-12-6-7-14-11(9-12)8-10-4-2-3-5-13(10)14/h2-7,9,15H,8H2,1H3. The average Bonchev–Trinajstić information content (AvgIpc) is 2.66. The number of rotatable bonds is 1. The Balaban J connectivity index is 2.18. The van der Waals surface area contributed by atoms with Crippen LogP contribution in [0.25, 0.3) is 11.1 Å². The average molecular weight is 192 g/mol. The molecule has 2 aromatic rings. The predicted octanol–water partition coefficient (Wildman–Crippen LogP) is 2.37. The Morgan fingerprint density at radius 2 is 1.73 bits per heavy atom. The smallest absolute Gasteiger partial charge is 0.0849 e. The summed E-state index contributed by atoms with van der Waals surface area (Å²) in [6.07, 6.45) is 1.11. The lowest BCUT2D eigenvalue weighted by atomic mass is 9.72. The molecule has 0 saturated heterocycles. The van der Waals surface area contributed by atoms with Gasteiger partial charge in [0.25, 0.3) is 0 Å². The minimum absolute atomic E-state index is 1.11. The predicted molar refractivity (Wildman–Crippen MR) is 67.3 cm³/mol. The molecule has 1 aliphatic carbocycles. The highest BCUT2D eigenvalue weighted by Gasteiger charge is 2.17. The summed E-state index contributed by atoms with van der Waals surface area (Å²) in [4.78, 5) is 0. The second kappa shape index (κ2) is 3.27. The van der Waals surface area contributed by atoms with Crippen LogP contribution in [-0.4, -0.2) is 7.28 Å². The normalized spacial score (nSPS) is 12.1. The molecule has 0 heterocycles. The molecule has 0 N–H and O–H groups in total.